The molecule has 0 fully saturated rings. The summed E-state index contributed by atoms with van der Waals surface area (Å²) in [5, 5.41) is -0.111. The van der Waals surface area contributed by atoms with E-state index in [1.807, 2.05) is 0 Å². The molecule has 0 aliphatic heterocycles. The van der Waals surface area contributed by atoms with Gasteiger partial charge < -0.3 is 4.18 Å². The lowest BCUT2D eigenvalue weighted by Crippen LogP contribution is -2.00. The third kappa shape index (κ3) is 2.63. The zero-order valence-electron chi connectivity index (χ0n) is 7.85. The second-order valence-electron chi connectivity index (χ2n) is 2.88. The van der Waals surface area contributed by atoms with Crippen molar-refractivity contribution in [2.45, 2.75) is 0 Å². The van der Waals surface area contributed by atoms with Gasteiger partial charge >= 0.3 is 11.4 Å². The zero-order chi connectivity index (χ0) is 12.6. The maximum absolute atomic E-state index is 13.4. The highest BCUT2D eigenvalue weighted by molar-refractivity contribution is 7.74. The van der Waals surface area contributed by atoms with Crippen LogP contribution in [0.5, 0.6) is 5.75 Å². The number of hydrogen-bond donors (Lipinski definition) is 1. The quantitative estimate of drug-likeness (QED) is 0.863. The molecule has 0 amide bonds. The molecule has 2 rings (SSSR count). The Balaban J connectivity index is 2.63. The van der Waals surface area contributed by atoms with Gasteiger partial charge in [-0.05, 0) is 0 Å². The minimum Gasteiger partial charge on any atom is -0.377 e. The van der Waals surface area contributed by atoms with Crippen LogP contribution in [0.1, 0.15) is 0 Å². The van der Waals surface area contributed by atoms with Gasteiger partial charge in [0.25, 0.3) is 0 Å². The molecule has 0 saturated heterocycles. The van der Waals surface area contributed by atoms with E-state index >= 15 is 0 Å². The van der Waals surface area contributed by atoms with Crippen molar-refractivity contribution < 1.29 is 17.3 Å². The first-order valence-electron chi connectivity index (χ1n) is 4.09. The van der Waals surface area contributed by atoms with Gasteiger partial charge in [-0.25, -0.2) is 14.4 Å². The van der Waals surface area contributed by atoms with Crippen LogP contribution in [0.25, 0.3) is 11.0 Å². The number of aromatic nitrogens is 2. The fraction of sp³-hybridized carbons (Fsp3) is 0. The standard InChI is InChI=1S/C8H3Cl2FN2O3S/c9-7-8(10)13-5-2-6(16-17(14)15)3(11)1-4(5)12-7/h1-2H,(H,14,15). The smallest absolute Gasteiger partial charge is 0.357 e. The molecule has 17 heavy (non-hydrogen) atoms. The molecule has 0 aliphatic carbocycles. The first kappa shape index (κ1) is 12.4. The van der Waals surface area contributed by atoms with Crippen LogP contribution in [0.2, 0.25) is 10.3 Å². The van der Waals surface area contributed by atoms with Crippen molar-refractivity contribution in [3.8, 4) is 5.75 Å². The van der Waals surface area contributed by atoms with E-state index < -0.39 is 22.9 Å². The molecule has 1 aromatic heterocycles. The number of fused-ring (bicyclic) bond motifs is 1. The van der Waals surface area contributed by atoms with Crippen molar-refractivity contribution in [2.24, 2.45) is 0 Å². The fourth-order valence-electron chi connectivity index (χ4n) is 1.16. The van der Waals surface area contributed by atoms with Gasteiger partial charge in [-0.1, -0.05) is 23.2 Å². The minimum absolute atomic E-state index is 0.0538. The molecule has 2 aromatic rings. The molecule has 9 heteroatoms. The summed E-state index contributed by atoms with van der Waals surface area (Å²) in [6, 6.07) is 2.08. The number of rotatable bonds is 2. The van der Waals surface area contributed by atoms with E-state index in [4.69, 9.17) is 27.8 Å². The molecule has 1 atom stereocenters. The summed E-state index contributed by atoms with van der Waals surface area (Å²) < 4.78 is 36.6. The van der Waals surface area contributed by atoms with E-state index in [9.17, 15) is 8.60 Å². The van der Waals surface area contributed by atoms with Crippen molar-refractivity contribution in [3.05, 3.63) is 28.3 Å². The maximum Gasteiger partial charge on any atom is 0.357 e. The molecular formula is C8H3Cl2FN2O3S. The van der Waals surface area contributed by atoms with E-state index in [0.717, 1.165) is 12.1 Å². The molecular weight excluding hydrogens is 294 g/mol. The van der Waals surface area contributed by atoms with Gasteiger partial charge in [-0.2, -0.15) is 4.21 Å². The van der Waals surface area contributed by atoms with Gasteiger partial charge in [-0.15, -0.1) is 0 Å². The zero-order valence-corrected chi connectivity index (χ0v) is 10.2. The summed E-state index contributed by atoms with van der Waals surface area (Å²) in [6.45, 7) is 0. The van der Waals surface area contributed by atoms with Crippen LogP contribution < -0.4 is 4.18 Å². The average molecular weight is 297 g/mol. The van der Waals surface area contributed by atoms with Crippen molar-refractivity contribution in [3.63, 3.8) is 0 Å². The highest BCUT2D eigenvalue weighted by atomic mass is 35.5. The molecule has 5 nitrogen and oxygen atoms in total. The van der Waals surface area contributed by atoms with Gasteiger partial charge in [-0.3, -0.25) is 4.55 Å². The average Bonchev–Trinajstić information content (AvgIpc) is 2.22. The van der Waals surface area contributed by atoms with Gasteiger partial charge in [0.15, 0.2) is 21.9 Å². The Labute approximate surface area is 107 Å². The summed E-state index contributed by atoms with van der Waals surface area (Å²) in [5.41, 5.74) is 0.356. The molecule has 0 saturated carbocycles. The molecule has 0 radical (unpaired) electrons. The number of nitrogens with zero attached hydrogens (tertiary/aromatic N) is 2. The van der Waals surface area contributed by atoms with E-state index in [0.29, 0.717) is 0 Å². The highest BCUT2D eigenvalue weighted by Gasteiger charge is 2.12. The molecule has 1 heterocycles. The Kier molecular flexibility index (Phi) is 3.43. The molecule has 0 spiro atoms. The predicted octanol–water partition coefficient (Wildman–Crippen LogP) is 2.59. The summed E-state index contributed by atoms with van der Waals surface area (Å²) in [4.78, 5) is 7.62. The summed E-state index contributed by atoms with van der Waals surface area (Å²) in [5.74, 6) is -1.28. The molecule has 0 bridgehead atoms. The van der Waals surface area contributed by atoms with Crippen LogP contribution in [0.15, 0.2) is 12.1 Å². The number of hydrogen-bond acceptors (Lipinski definition) is 4. The third-order valence-electron chi connectivity index (χ3n) is 1.80. The molecule has 90 valence electrons. The lowest BCUT2D eigenvalue weighted by atomic mass is 10.3. The van der Waals surface area contributed by atoms with Crippen LogP contribution in [-0.4, -0.2) is 18.7 Å². The minimum atomic E-state index is -2.63. The maximum atomic E-state index is 13.4. The predicted molar refractivity (Wildman–Crippen MR) is 60.9 cm³/mol. The Morgan fingerprint density at radius 2 is 1.76 bits per heavy atom. The lowest BCUT2D eigenvalue weighted by Gasteiger charge is -2.04. The first-order chi connectivity index (χ1) is 7.97. The van der Waals surface area contributed by atoms with Gasteiger partial charge in [0.05, 0.1) is 11.0 Å². The number of halogens is 3. The van der Waals surface area contributed by atoms with Gasteiger partial charge in [0.1, 0.15) is 0 Å². The van der Waals surface area contributed by atoms with Crippen molar-refractivity contribution in [2.75, 3.05) is 0 Å². The lowest BCUT2D eigenvalue weighted by molar-refractivity contribution is 0.440. The Hall–Kier alpha value is -1.02. The van der Waals surface area contributed by atoms with Gasteiger partial charge in [0, 0.05) is 12.1 Å². The van der Waals surface area contributed by atoms with Crippen LogP contribution in [0.3, 0.4) is 0 Å². The second-order valence-corrected chi connectivity index (χ2v) is 4.19. The fourth-order valence-corrected chi connectivity index (χ4v) is 1.70. The largest absolute Gasteiger partial charge is 0.377 e. The van der Waals surface area contributed by atoms with Crippen LogP contribution >= 0.6 is 23.2 Å². The normalized spacial score (nSPS) is 12.7. The molecule has 0 aliphatic rings. The summed E-state index contributed by atoms with van der Waals surface area (Å²) in [7, 11) is 0. The monoisotopic (exact) mass is 296 g/mol. The van der Waals surface area contributed by atoms with Crippen LogP contribution in [0.4, 0.5) is 4.39 Å². The van der Waals surface area contributed by atoms with E-state index in [1.165, 1.54) is 0 Å². The SMILES string of the molecule is O=S(O)Oc1cc2nc(Cl)c(Cl)nc2cc1F. The highest BCUT2D eigenvalue weighted by Crippen LogP contribution is 2.26. The molecule has 1 aromatic carbocycles. The topological polar surface area (TPSA) is 72.3 Å². The van der Waals surface area contributed by atoms with Crippen LogP contribution in [-0.2, 0) is 11.4 Å². The van der Waals surface area contributed by atoms with E-state index in [2.05, 4.69) is 14.2 Å². The first-order valence-corrected chi connectivity index (χ1v) is 5.87. The Morgan fingerprint density at radius 3 is 2.29 bits per heavy atom. The van der Waals surface area contributed by atoms with E-state index in [1.54, 1.807) is 0 Å². The van der Waals surface area contributed by atoms with E-state index in [-0.39, 0.29) is 21.3 Å². The van der Waals surface area contributed by atoms with Gasteiger partial charge in [0.2, 0.25) is 0 Å². The summed E-state index contributed by atoms with van der Waals surface area (Å²) >= 11 is 8.63. The van der Waals surface area contributed by atoms with Crippen molar-refractivity contribution in [1.29, 1.82) is 0 Å². The third-order valence-corrected chi connectivity index (χ3v) is 2.74. The van der Waals surface area contributed by atoms with Crippen molar-refractivity contribution >= 4 is 45.6 Å². The molecule has 1 N–H and O–H groups in total. The second kappa shape index (κ2) is 4.69. The number of benzene rings is 1. The van der Waals surface area contributed by atoms with Crippen molar-refractivity contribution in [1.82, 2.24) is 9.97 Å². The molecule has 1 unspecified atom stereocenters. The Morgan fingerprint density at radius 1 is 1.24 bits per heavy atom. The van der Waals surface area contributed by atoms with Crippen LogP contribution in [0, 0.1) is 5.82 Å². The summed E-state index contributed by atoms with van der Waals surface area (Å²) in [6.07, 6.45) is 0. The Bertz CT molecular complexity index is 625.